The Hall–Kier alpha value is -5.13. The Bertz CT molecular complexity index is 1850. The second-order valence-corrected chi connectivity index (χ2v) is 10.9. The minimum Gasteiger partial charge on any atom is -0.497 e. The molecule has 1 N–H and O–H groups in total. The van der Waals surface area contributed by atoms with E-state index in [9.17, 15) is 4.79 Å². The van der Waals surface area contributed by atoms with Crippen molar-refractivity contribution in [2.24, 2.45) is 0 Å². The zero-order valence-corrected chi connectivity index (χ0v) is 25.1. The van der Waals surface area contributed by atoms with Crippen molar-refractivity contribution < 1.29 is 19.0 Å². The highest BCUT2D eigenvalue weighted by Crippen LogP contribution is 2.44. The van der Waals surface area contributed by atoms with Crippen molar-refractivity contribution >= 4 is 33.2 Å². The Balaban J connectivity index is 1.57. The van der Waals surface area contributed by atoms with Gasteiger partial charge in [-0.05, 0) is 75.5 Å². The maximum Gasteiger partial charge on any atom is 0.345 e. The Kier molecular flexibility index (Phi) is 8.31. The predicted molar refractivity (Wildman–Crippen MR) is 177 cm³/mol. The van der Waals surface area contributed by atoms with Crippen LogP contribution in [0, 0.1) is 6.92 Å². The molecule has 0 unspecified atom stereocenters. The van der Waals surface area contributed by atoms with Crippen LogP contribution in [0.2, 0.25) is 0 Å². The van der Waals surface area contributed by atoms with Gasteiger partial charge in [-0.3, -0.25) is 0 Å². The second-order valence-electron chi connectivity index (χ2n) is 10.9. The molecule has 2 atom stereocenters. The quantitative estimate of drug-likeness (QED) is 0.129. The van der Waals surface area contributed by atoms with E-state index in [0.29, 0.717) is 5.56 Å². The Morgan fingerprint density at radius 1 is 0.727 bits per heavy atom. The minimum absolute atomic E-state index is 0.165. The number of methoxy groups -OCH3 is 2. The number of benzene rings is 6. The summed E-state index contributed by atoms with van der Waals surface area (Å²) in [7, 11) is 3.05. The molecular weight excluding hydrogens is 546 g/mol. The zero-order chi connectivity index (χ0) is 30.5. The lowest BCUT2D eigenvalue weighted by Crippen LogP contribution is -2.48. The topological polar surface area (TPSA) is 56.8 Å². The van der Waals surface area contributed by atoms with Crippen LogP contribution in [0.3, 0.4) is 0 Å². The fourth-order valence-electron chi connectivity index (χ4n) is 6.04. The van der Waals surface area contributed by atoms with Gasteiger partial charge in [0.1, 0.15) is 5.75 Å². The van der Waals surface area contributed by atoms with Gasteiger partial charge in [-0.2, -0.15) is 0 Å². The van der Waals surface area contributed by atoms with Crippen molar-refractivity contribution in [1.29, 1.82) is 0 Å². The van der Waals surface area contributed by atoms with Crippen LogP contribution in [0.15, 0.2) is 133 Å². The van der Waals surface area contributed by atoms with Gasteiger partial charge in [0.05, 0.1) is 26.9 Å². The van der Waals surface area contributed by atoms with Crippen LogP contribution >= 0.6 is 0 Å². The number of hydrogen-bond donors (Lipinski definition) is 1. The third-order valence-electron chi connectivity index (χ3n) is 8.20. The van der Waals surface area contributed by atoms with Crippen molar-refractivity contribution in [3.63, 3.8) is 0 Å². The molecule has 0 spiro atoms. The van der Waals surface area contributed by atoms with Gasteiger partial charge in [0, 0.05) is 5.69 Å². The molecule has 0 saturated carbocycles. The third-order valence-corrected chi connectivity index (χ3v) is 8.20. The van der Waals surface area contributed by atoms with Crippen LogP contribution in [0.5, 0.6) is 5.75 Å². The van der Waals surface area contributed by atoms with Gasteiger partial charge >= 0.3 is 5.97 Å². The Morgan fingerprint density at radius 2 is 1.36 bits per heavy atom. The van der Waals surface area contributed by atoms with Crippen molar-refractivity contribution in [1.82, 2.24) is 0 Å². The summed E-state index contributed by atoms with van der Waals surface area (Å²) in [4.78, 5) is 14.4. The highest BCUT2D eigenvalue weighted by Gasteiger charge is 2.51. The van der Waals surface area contributed by atoms with E-state index in [1.165, 1.54) is 7.11 Å². The van der Waals surface area contributed by atoms with Gasteiger partial charge in [0.2, 0.25) is 5.60 Å². The van der Waals surface area contributed by atoms with E-state index in [4.69, 9.17) is 14.2 Å². The summed E-state index contributed by atoms with van der Waals surface area (Å²) < 4.78 is 18.1. The molecule has 0 aliphatic carbocycles. The molecule has 0 radical (unpaired) electrons. The van der Waals surface area contributed by atoms with E-state index >= 15 is 0 Å². The molecule has 0 aliphatic rings. The molecule has 44 heavy (non-hydrogen) atoms. The SMILES string of the molecule is COC(=O)[C@](OCc1c2ccccc2cc2ccccc12)(c1ccccc1)[C@@H](Nc1ccc(OC)cc1)c1cccc(C)c1. The van der Waals surface area contributed by atoms with E-state index in [0.717, 1.165) is 49.7 Å². The number of carbonyl (C=O) groups excluding carboxylic acids is 1. The first-order chi connectivity index (χ1) is 21.5. The fraction of sp³-hybridized carbons (Fsp3) is 0.154. The number of anilines is 1. The molecule has 0 saturated heterocycles. The summed E-state index contributed by atoms with van der Waals surface area (Å²) in [6, 6.07) is 43.5. The summed E-state index contributed by atoms with van der Waals surface area (Å²) in [6.07, 6.45) is 0. The van der Waals surface area contributed by atoms with E-state index in [1.807, 2.05) is 104 Å². The van der Waals surface area contributed by atoms with Gasteiger partial charge in [0.15, 0.2) is 0 Å². The summed E-state index contributed by atoms with van der Waals surface area (Å²) in [5.74, 6) is 0.241. The van der Waals surface area contributed by atoms with Crippen LogP contribution in [-0.4, -0.2) is 20.2 Å². The first kappa shape index (κ1) is 29.0. The van der Waals surface area contributed by atoms with Crippen molar-refractivity contribution in [2.75, 3.05) is 19.5 Å². The number of ether oxygens (including phenoxy) is 3. The average molecular weight is 582 g/mol. The molecule has 5 nitrogen and oxygen atoms in total. The highest BCUT2D eigenvalue weighted by molar-refractivity contribution is 6.02. The average Bonchev–Trinajstić information content (AvgIpc) is 3.08. The predicted octanol–water partition coefficient (Wildman–Crippen LogP) is 8.75. The maximum atomic E-state index is 14.4. The lowest BCUT2D eigenvalue weighted by atomic mass is 9.81. The Labute approximate surface area is 258 Å². The lowest BCUT2D eigenvalue weighted by molar-refractivity contribution is -0.177. The minimum atomic E-state index is -1.57. The fourth-order valence-corrected chi connectivity index (χ4v) is 6.04. The first-order valence-corrected chi connectivity index (χ1v) is 14.7. The van der Waals surface area contributed by atoms with Crippen LogP contribution < -0.4 is 10.1 Å². The van der Waals surface area contributed by atoms with Crippen molar-refractivity contribution in [2.45, 2.75) is 25.2 Å². The number of aryl methyl sites for hydroxylation is 1. The largest absolute Gasteiger partial charge is 0.497 e. The van der Waals surface area contributed by atoms with E-state index in [1.54, 1.807) is 7.11 Å². The molecule has 6 aromatic rings. The Morgan fingerprint density at radius 3 is 1.98 bits per heavy atom. The van der Waals surface area contributed by atoms with E-state index in [2.05, 4.69) is 41.7 Å². The van der Waals surface area contributed by atoms with Crippen molar-refractivity contribution in [3.8, 4) is 5.75 Å². The standard InChI is InChI=1S/C39H35NO4/c1-27-12-11-15-30(24-27)37(40-32-20-22-33(42-2)23-21-32)39(38(41)43-3,31-16-5-4-6-17-31)44-26-36-34-18-9-7-13-28(34)25-29-14-8-10-19-35(29)36/h4-25,37,40H,26H2,1-3H3/t37-,39-/m0/s1. The number of nitrogens with one attached hydrogen (secondary N) is 1. The summed E-state index contributed by atoms with van der Waals surface area (Å²) in [5.41, 5.74) is 2.88. The zero-order valence-electron chi connectivity index (χ0n) is 25.1. The van der Waals surface area contributed by atoms with E-state index < -0.39 is 17.6 Å². The van der Waals surface area contributed by atoms with Gasteiger partial charge in [-0.25, -0.2) is 4.79 Å². The normalized spacial score (nSPS) is 13.2. The van der Waals surface area contributed by atoms with Gasteiger partial charge in [-0.1, -0.05) is 109 Å². The number of esters is 1. The lowest BCUT2D eigenvalue weighted by Gasteiger charge is -2.40. The van der Waals surface area contributed by atoms with Gasteiger partial charge in [-0.15, -0.1) is 0 Å². The van der Waals surface area contributed by atoms with Gasteiger partial charge in [0.25, 0.3) is 0 Å². The molecule has 0 aromatic heterocycles. The molecule has 6 aromatic carbocycles. The molecular formula is C39H35NO4. The molecule has 0 heterocycles. The summed E-state index contributed by atoms with van der Waals surface area (Å²) in [5, 5.41) is 8.03. The molecule has 0 fully saturated rings. The third kappa shape index (κ3) is 5.50. The molecule has 5 heteroatoms. The van der Waals surface area contributed by atoms with Crippen LogP contribution in [0.1, 0.15) is 28.3 Å². The molecule has 220 valence electrons. The molecule has 0 amide bonds. The van der Waals surface area contributed by atoms with Crippen molar-refractivity contribution in [3.05, 3.63) is 156 Å². The van der Waals surface area contributed by atoms with Gasteiger partial charge < -0.3 is 19.5 Å². The second kappa shape index (κ2) is 12.6. The first-order valence-electron chi connectivity index (χ1n) is 14.7. The summed E-state index contributed by atoms with van der Waals surface area (Å²) in [6.45, 7) is 2.21. The number of carbonyl (C=O) groups is 1. The monoisotopic (exact) mass is 581 g/mol. The molecule has 0 bridgehead atoms. The van der Waals surface area contributed by atoms with Crippen LogP contribution in [0.25, 0.3) is 21.5 Å². The highest BCUT2D eigenvalue weighted by atomic mass is 16.6. The number of hydrogen-bond acceptors (Lipinski definition) is 5. The number of rotatable bonds is 10. The van der Waals surface area contributed by atoms with E-state index in [-0.39, 0.29) is 6.61 Å². The molecule has 0 aliphatic heterocycles. The van der Waals surface area contributed by atoms with Crippen LogP contribution in [-0.2, 0) is 26.5 Å². The summed E-state index contributed by atoms with van der Waals surface area (Å²) >= 11 is 0. The number of fused-ring (bicyclic) bond motifs is 2. The maximum absolute atomic E-state index is 14.4. The smallest absolute Gasteiger partial charge is 0.345 e. The molecule has 6 rings (SSSR count). The van der Waals surface area contributed by atoms with Crippen LogP contribution in [0.4, 0.5) is 5.69 Å².